The largest absolute Gasteiger partial charge is 0.390 e. The molecule has 1 rings (SSSR count). The normalized spacial score (nSPS) is 12.6. The maximum atomic E-state index is 9.33. The van der Waals surface area contributed by atoms with Crippen molar-refractivity contribution in [3.63, 3.8) is 0 Å². The molecule has 0 fully saturated rings. The van der Waals surface area contributed by atoms with Crippen LogP contribution in [0.1, 0.15) is 5.56 Å². The van der Waals surface area contributed by atoms with Gasteiger partial charge in [0.25, 0.3) is 0 Å². The molecule has 1 aromatic carbocycles. The van der Waals surface area contributed by atoms with E-state index >= 15 is 0 Å². The molecular formula is C10H12Br2ClNO. The second kappa shape index (κ2) is 6.09. The molecule has 0 radical (unpaired) electrons. The number of anilines is 1. The molecule has 0 aliphatic heterocycles. The zero-order valence-corrected chi connectivity index (χ0v) is 12.2. The first kappa shape index (κ1) is 13.3. The molecule has 0 saturated heterocycles. The summed E-state index contributed by atoms with van der Waals surface area (Å²) in [6, 6.07) is 4.03. The highest BCUT2D eigenvalue weighted by Gasteiger charge is 2.08. The molecule has 15 heavy (non-hydrogen) atoms. The Labute approximate surface area is 111 Å². The predicted octanol–water partition coefficient (Wildman–Crippen LogP) is 3.53. The number of benzene rings is 1. The van der Waals surface area contributed by atoms with E-state index in [-0.39, 0.29) is 5.88 Å². The zero-order valence-electron chi connectivity index (χ0n) is 8.23. The number of hydrogen-bond donors (Lipinski definition) is 2. The molecule has 1 atom stereocenters. The Morgan fingerprint density at radius 3 is 2.40 bits per heavy atom. The van der Waals surface area contributed by atoms with Gasteiger partial charge in [0.1, 0.15) is 0 Å². The minimum absolute atomic E-state index is 0.230. The summed E-state index contributed by atoms with van der Waals surface area (Å²) in [6.45, 7) is 2.46. The molecule has 0 aliphatic rings. The Kier molecular flexibility index (Phi) is 5.39. The van der Waals surface area contributed by atoms with Crippen LogP contribution in [0.25, 0.3) is 0 Å². The first-order valence-corrected chi connectivity index (χ1v) is 6.60. The third-order valence-corrected chi connectivity index (χ3v) is 3.49. The van der Waals surface area contributed by atoms with Crippen LogP contribution < -0.4 is 5.32 Å². The number of aliphatic hydroxyl groups is 1. The Morgan fingerprint density at radius 1 is 1.40 bits per heavy atom. The van der Waals surface area contributed by atoms with E-state index in [0.29, 0.717) is 6.54 Å². The molecule has 0 spiro atoms. The van der Waals surface area contributed by atoms with Gasteiger partial charge in [0.05, 0.1) is 17.7 Å². The lowest BCUT2D eigenvalue weighted by Gasteiger charge is -2.13. The van der Waals surface area contributed by atoms with Crippen molar-refractivity contribution in [3.05, 3.63) is 26.6 Å². The third kappa shape index (κ3) is 3.94. The zero-order chi connectivity index (χ0) is 11.4. The summed E-state index contributed by atoms with van der Waals surface area (Å²) in [5, 5.41) is 12.5. The summed E-state index contributed by atoms with van der Waals surface area (Å²) >= 11 is 12.4. The van der Waals surface area contributed by atoms with Crippen LogP contribution in [0.2, 0.25) is 0 Å². The van der Waals surface area contributed by atoms with Crippen LogP contribution in [-0.4, -0.2) is 23.6 Å². The third-order valence-electron chi connectivity index (χ3n) is 1.88. The van der Waals surface area contributed by atoms with Crippen molar-refractivity contribution in [1.82, 2.24) is 0 Å². The van der Waals surface area contributed by atoms with E-state index in [1.165, 1.54) is 0 Å². The van der Waals surface area contributed by atoms with Gasteiger partial charge in [0, 0.05) is 15.5 Å². The Bertz CT molecular complexity index is 323. The standard InChI is InChI=1S/C10H12Br2ClNO/c1-6-2-8(11)10(9(12)3-6)14-5-7(15)4-13/h2-3,7,14-15H,4-5H2,1H3. The summed E-state index contributed by atoms with van der Waals surface area (Å²) in [5.41, 5.74) is 2.10. The number of halogens is 3. The molecule has 0 aromatic heterocycles. The van der Waals surface area contributed by atoms with Gasteiger partial charge in [-0.05, 0) is 56.5 Å². The van der Waals surface area contributed by atoms with Crippen molar-refractivity contribution < 1.29 is 5.11 Å². The highest BCUT2D eigenvalue weighted by Crippen LogP contribution is 2.32. The molecule has 2 N–H and O–H groups in total. The van der Waals surface area contributed by atoms with Gasteiger partial charge in [0.15, 0.2) is 0 Å². The first-order chi connectivity index (χ1) is 7.04. The van der Waals surface area contributed by atoms with E-state index in [1.807, 2.05) is 19.1 Å². The van der Waals surface area contributed by atoms with Gasteiger partial charge in [-0.3, -0.25) is 0 Å². The molecular weight excluding hydrogens is 345 g/mol. The molecule has 84 valence electrons. The van der Waals surface area contributed by atoms with Crippen molar-refractivity contribution in [1.29, 1.82) is 0 Å². The van der Waals surface area contributed by atoms with E-state index in [9.17, 15) is 5.11 Å². The summed E-state index contributed by atoms with van der Waals surface area (Å²) in [7, 11) is 0. The molecule has 5 heteroatoms. The minimum atomic E-state index is -0.535. The summed E-state index contributed by atoms with van der Waals surface area (Å²) < 4.78 is 1.94. The molecule has 0 amide bonds. The number of rotatable bonds is 4. The number of aliphatic hydroxyl groups excluding tert-OH is 1. The average molecular weight is 357 g/mol. The van der Waals surface area contributed by atoms with Crippen LogP contribution in [0, 0.1) is 6.92 Å². The van der Waals surface area contributed by atoms with Crippen LogP contribution in [0.3, 0.4) is 0 Å². The number of nitrogens with one attached hydrogen (secondary N) is 1. The van der Waals surface area contributed by atoms with Gasteiger partial charge in [-0.1, -0.05) is 0 Å². The molecule has 2 nitrogen and oxygen atoms in total. The number of alkyl halides is 1. The monoisotopic (exact) mass is 355 g/mol. The Morgan fingerprint density at radius 2 is 1.93 bits per heavy atom. The van der Waals surface area contributed by atoms with Crippen LogP contribution in [0.4, 0.5) is 5.69 Å². The summed E-state index contributed by atoms with van der Waals surface area (Å²) in [5.74, 6) is 0.230. The van der Waals surface area contributed by atoms with Crippen LogP contribution in [0.15, 0.2) is 21.1 Å². The average Bonchev–Trinajstić information content (AvgIpc) is 2.15. The molecule has 0 saturated carbocycles. The lowest BCUT2D eigenvalue weighted by atomic mass is 10.2. The SMILES string of the molecule is Cc1cc(Br)c(NCC(O)CCl)c(Br)c1. The molecule has 1 unspecified atom stereocenters. The van der Waals surface area contributed by atoms with Crippen molar-refractivity contribution in [2.45, 2.75) is 13.0 Å². The molecule has 0 bridgehead atoms. The lowest BCUT2D eigenvalue weighted by Crippen LogP contribution is -2.21. The fourth-order valence-corrected chi connectivity index (χ4v) is 2.95. The van der Waals surface area contributed by atoms with E-state index in [2.05, 4.69) is 37.2 Å². The number of hydrogen-bond acceptors (Lipinski definition) is 2. The molecule has 1 aromatic rings. The van der Waals surface area contributed by atoms with Crippen molar-refractivity contribution in [2.75, 3.05) is 17.7 Å². The van der Waals surface area contributed by atoms with Crippen molar-refractivity contribution in [3.8, 4) is 0 Å². The van der Waals surface area contributed by atoms with E-state index in [4.69, 9.17) is 11.6 Å². The Hall–Kier alpha value is 0.230. The lowest BCUT2D eigenvalue weighted by molar-refractivity contribution is 0.211. The van der Waals surface area contributed by atoms with E-state index in [1.54, 1.807) is 0 Å². The first-order valence-electron chi connectivity index (χ1n) is 4.48. The summed E-state index contributed by atoms with van der Waals surface area (Å²) in [4.78, 5) is 0. The smallest absolute Gasteiger partial charge is 0.0847 e. The highest BCUT2D eigenvalue weighted by molar-refractivity contribution is 9.11. The van der Waals surface area contributed by atoms with Crippen molar-refractivity contribution in [2.24, 2.45) is 0 Å². The van der Waals surface area contributed by atoms with E-state index in [0.717, 1.165) is 20.2 Å². The Balaban J connectivity index is 2.77. The van der Waals surface area contributed by atoms with Gasteiger partial charge >= 0.3 is 0 Å². The fraction of sp³-hybridized carbons (Fsp3) is 0.400. The van der Waals surface area contributed by atoms with Gasteiger partial charge < -0.3 is 10.4 Å². The number of aryl methyl sites for hydroxylation is 1. The van der Waals surface area contributed by atoms with Crippen LogP contribution in [-0.2, 0) is 0 Å². The second-order valence-corrected chi connectivity index (χ2v) is 5.31. The van der Waals surface area contributed by atoms with E-state index < -0.39 is 6.10 Å². The fourth-order valence-electron chi connectivity index (χ4n) is 1.14. The maximum Gasteiger partial charge on any atom is 0.0847 e. The van der Waals surface area contributed by atoms with Gasteiger partial charge in [-0.2, -0.15) is 0 Å². The highest BCUT2D eigenvalue weighted by atomic mass is 79.9. The predicted molar refractivity (Wildman–Crippen MR) is 71.8 cm³/mol. The second-order valence-electron chi connectivity index (χ2n) is 3.29. The van der Waals surface area contributed by atoms with Gasteiger partial charge in [0.2, 0.25) is 0 Å². The van der Waals surface area contributed by atoms with Gasteiger partial charge in [-0.15, -0.1) is 11.6 Å². The van der Waals surface area contributed by atoms with Crippen molar-refractivity contribution >= 4 is 49.1 Å². The quantitative estimate of drug-likeness (QED) is 0.808. The maximum absolute atomic E-state index is 9.33. The summed E-state index contributed by atoms with van der Waals surface area (Å²) in [6.07, 6.45) is -0.535. The molecule has 0 aliphatic carbocycles. The van der Waals surface area contributed by atoms with Gasteiger partial charge in [-0.25, -0.2) is 0 Å². The minimum Gasteiger partial charge on any atom is -0.390 e. The topological polar surface area (TPSA) is 32.3 Å². The van der Waals surface area contributed by atoms with Crippen LogP contribution in [0.5, 0.6) is 0 Å². The molecule has 0 heterocycles. The van der Waals surface area contributed by atoms with Crippen LogP contribution >= 0.6 is 43.5 Å².